The number of hydrogen-bond donors (Lipinski definition) is 1. The van der Waals surface area contributed by atoms with Crippen LogP contribution < -0.4 is 10.1 Å². The lowest BCUT2D eigenvalue weighted by molar-refractivity contribution is 0.0790. The van der Waals surface area contributed by atoms with Crippen molar-refractivity contribution >= 4 is 6.03 Å². The van der Waals surface area contributed by atoms with E-state index in [9.17, 15) is 4.79 Å². The van der Waals surface area contributed by atoms with E-state index in [1.54, 1.807) is 11.1 Å². The predicted molar refractivity (Wildman–Crippen MR) is 104 cm³/mol. The quantitative estimate of drug-likeness (QED) is 0.726. The third-order valence-corrected chi connectivity index (χ3v) is 4.54. The first-order chi connectivity index (χ1) is 13.2. The highest BCUT2D eigenvalue weighted by atomic mass is 16.5. The first-order valence-electron chi connectivity index (χ1n) is 9.45. The normalized spacial score (nSPS) is 16.1. The van der Waals surface area contributed by atoms with Crippen molar-refractivity contribution in [2.75, 3.05) is 26.3 Å². The van der Waals surface area contributed by atoms with Gasteiger partial charge in [0, 0.05) is 19.3 Å². The van der Waals surface area contributed by atoms with Crippen LogP contribution in [0.15, 0.2) is 48.7 Å². The number of rotatable bonds is 8. The molecule has 0 radical (unpaired) electrons. The van der Waals surface area contributed by atoms with Gasteiger partial charge in [0.05, 0.1) is 24.9 Å². The smallest absolute Gasteiger partial charge is 0.317 e. The van der Waals surface area contributed by atoms with Crippen LogP contribution in [-0.2, 0) is 11.3 Å². The van der Waals surface area contributed by atoms with Gasteiger partial charge in [-0.15, -0.1) is 0 Å². The van der Waals surface area contributed by atoms with Gasteiger partial charge in [-0.2, -0.15) is 0 Å². The molecule has 0 saturated carbocycles. The number of pyridine rings is 1. The number of amides is 2. The molecule has 1 aromatic heterocycles. The number of aromatic nitrogens is 1. The second kappa shape index (κ2) is 9.92. The fourth-order valence-corrected chi connectivity index (χ4v) is 3.09. The third-order valence-electron chi connectivity index (χ3n) is 4.54. The second-order valence-electron chi connectivity index (χ2n) is 6.68. The molecule has 1 aromatic carbocycles. The predicted octanol–water partition coefficient (Wildman–Crippen LogP) is 3.16. The highest BCUT2D eigenvalue weighted by Gasteiger charge is 2.23. The van der Waals surface area contributed by atoms with Crippen LogP contribution in [0.3, 0.4) is 0 Å². The highest BCUT2D eigenvalue weighted by Crippen LogP contribution is 2.16. The van der Waals surface area contributed by atoms with Crippen molar-refractivity contribution in [2.24, 2.45) is 0 Å². The molecule has 144 valence electrons. The Hall–Kier alpha value is -2.60. The van der Waals surface area contributed by atoms with Crippen LogP contribution >= 0.6 is 0 Å². The van der Waals surface area contributed by atoms with Crippen molar-refractivity contribution in [3.63, 3.8) is 0 Å². The molecule has 2 amide bonds. The van der Waals surface area contributed by atoms with Gasteiger partial charge < -0.3 is 19.7 Å². The van der Waals surface area contributed by atoms with Gasteiger partial charge in [-0.1, -0.05) is 24.3 Å². The van der Waals surface area contributed by atoms with E-state index in [4.69, 9.17) is 9.47 Å². The largest absolute Gasteiger partial charge is 0.491 e. The molecule has 27 heavy (non-hydrogen) atoms. The van der Waals surface area contributed by atoms with Gasteiger partial charge in [0.25, 0.3) is 0 Å². The van der Waals surface area contributed by atoms with Gasteiger partial charge in [0.2, 0.25) is 0 Å². The summed E-state index contributed by atoms with van der Waals surface area (Å²) in [6, 6.07) is 13.5. The zero-order valence-electron chi connectivity index (χ0n) is 15.8. The molecule has 1 aliphatic rings. The van der Waals surface area contributed by atoms with Gasteiger partial charge >= 0.3 is 6.03 Å². The minimum atomic E-state index is -0.121. The van der Waals surface area contributed by atoms with E-state index >= 15 is 0 Å². The van der Waals surface area contributed by atoms with Crippen molar-refractivity contribution in [3.05, 3.63) is 59.9 Å². The number of urea groups is 1. The number of para-hydroxylation sites is 1. The van der Waals surface area contributed by atoms with E-state index < -0.39 is 0 Å². The maximum absolute atomic E-state index is 12.7. The van der Waals surface area contributed by atoms with Gasteiger partial charge in [0.15, 0.2) is 0 Å². The maximum atomic E-state index is 12.7. The van der Waals surface area contributed by atoms with E-state index in [1.165, 1.54) is 0 Å². The molecule has 3 rings (SSSR count). The molecule has 1 N–H and O–H groups in total. The molecule has 6 heteroatoms. The molecule has 2 aromatic rings. The summed E-state index contributed by atoms with van der Waals surface area (Å²) in [7, 11) is 0. The summed E-state index contributed by atoms with van der Waals surface area (Å²) in [5, 5.41) is 2.95. The summed E-state index contributed by atoms with van der Waals surface area (Å²) >= 11 is 0. The van der Waals surface area contributed by atoms with Crippen LogP contribution in [0.1, 0.15) is 24.1 Å². The number of hydrogen-bond acceptors (Lipinski definition) is 4. The van der Waals surface area contributed by atoms with Crippen molar-refractivity contribution in [1.29, 1.82) is 0 Å². The number of nitrogens with one attached hydrogen (secondary N) is 1. The summed E-state index contributed by atoms with van der Waals surface area (Å²) in [5.74, 6) is 0.844. The summed E-state index contributed by atoms with van der Waals surface area (Å²) in [6.07, 6.45) is 3.88. The van der Waals surface area contributed by atoms with Crippen LogP contribution in [0.4, 0.5) is 4.79 Å². The fraction of sp³-hybridized carbons (Fsp3) is 0.429. The van der Waals surface area contributed by atoms with Crippen molar-refractivity contribution in [3.8, 4) is 5.75 Å². The van der Waals surface area contributed by atoms with Crippen molar-refractivity contribution in [1.82, 2.24) is 15.2 Å². The molecule has 0 unspecified atom stereocenters. The number of ether oxygens (including phenoxy) is 2. The van der Waals surface area contributed by atoms with Gasteiger partial charge in [-0.25, -0.2) is 4.79 Å². The van der Waals surface area contributed by atoms with Gasteiger partial charge in [0.1, 0.15) is 12.4 Å². The van der Waals surface area contributed by atoms with Crippen LogP contribution in [0, 0.1) is 6.92 Å². The first kappa shape index (κ1) is 19.2. The van der Waals surface area contributed by atoms with E-state index in [0.717, 1.165) is 36.5 Å². The monoisotopic (exact) mass is 369 g/mol. The number of benzene rings is 1. The lowest BCUT2D eigenvalue weighted by Gasteiger charge is -2.25. The van der Waals surface area contributed by atoms with Crippen LogP contribution in [0.25, 0.3) is 0 Å². The summed E-state index contributed by atoms with van der Waals surface area (Å²) in [5.41, 5.74) is 1.95. The molecule has 0 aliphatic carbocycles. The Kier molecular flexibility index (Phi) is 7.04. The Morgan fingerprint density at radius 3 is 2.89 bits per heavy atom. The molecule has 1 atom stereocenters. The summed E-state index contributed by atoms with van der Waals surface area (Å²) < 4.78 is 11.4. The van der Waals surface area contributed by atoms with Crippen LogP contribution in [0.5, 0.6) is 5.75 Å². The Morgan fingerprint density at radius 2 is 2.15 bits per heavy atom. The SMILES string of the molecule is Cc1ccccc1OCCNC(=O)N(Cc1ccccn1)C[C@H]1CCCO1. The molecule has 1 saturated heterocycles. The van der Waals surface area contributed by atoms with Gasteiger partial charge in [-0.3, -0.25) is 4.98 Å². The number of aryl methyl sites for hydroxylation is 1. The lowest BCUT2D eigenvalue weighted by atomic mass is 10.2. The Balaban J connectivity index is 1.51. The number of carbonyl (C=O) groups is 1. The fourth-order valence-electron chi connectivity index (χ4n) is 3.09. The minimum Gasteiger partial charge on any atom is -0.491 e. The molecule has 1 fully saturated rings. The van der Waals surface area contributed by atoms with E-state index in [-0.39, 0.29) is 12.1 Å². The zero-order chi connectivity index (χ0) is 18.9. The average molecular weight is 369 g/mol. The van der Waals surface area contributed by atoms with Crippen molar-refractivity contribution < 1.29 is 14.3 Å². The van der Waals surface area contributed by atoms with E-state index in [0.29, 0.717) is 26.2 Å². The number of nitrogens with zero attached hydrogens (tertiary/aromatic N) is 2. The summed E-state index contributed by atoms with van der Waals surface area (Å²) in [4.78, 5) is 18.8. The molecular formula is C21H27N3O3. The third kappa shape index (κ3) is 5.96. The highest BCUT2D eigenvalue weighted by molar-refractivity contribution is 5.74. The Labute approximate surface area is 160 Å². The second-order valence-corrected chi connectivity index (χ2v) is 6.68. The summed E-state index contributed by atoms with van der Waals surface area (Å²) in [6.45, 7) is 4.68. The molecule has 2 heterocycles. The topological polar surface area (TPSA) is 63.7 Å². The first-order valence-corrected chi connectivity index (χ1v) is 9.45. The average Bonchev–Trinajstić information content (AvgIpc) is 3.20. The Bertz CT molecular complexity index is 718. The Morgan fingerprint density at radius 1 is 1.30 bits per heavy atom. The maximum Gasteiger partial charge on any atom is 0.317 e. The number of carbonyl (C=O) groups excluding carboxylic acids is 1. The van der Waals surface area contributed by atoms with E-state index in [2.05, 4.69) is 10.3 Å². The van der Waals surface area contributed by atoms with Crippen LogP contribution in [-0.4, -0.2) is 48.3 Å². The van der Waals surface area contributed by atoms with E-state index in [1.807, 2.05) is 49.4 Å². The van der Waals surface area contributed by atoms with Gasteiger partial charge in [-0.05, 0) is 43.5 Å². The minimum absolute atomic E-state index is 0.0997. The molecule has 1 aliphatic heterocycles. The molecule has 6 nitrogen and oxygen atoms in total. The lowest BCUT2D eigenvalue weighted by Crippen LogP contribution is -2.44. The molecular weight excluding hydrogens is 342 g/mol. The molecule has 0 bridgehead atoms. The molecule has 0 spiro atoms. The van der Waals surface area contributed by atoms with Crippen molar-refractivity contribution in [2.45, 2.75) is 32.4 Å². The standard InChI is InChI=1S/C21H27N3O3/c1-17-7-2-3-10-20(17)27-14-12-23-21(25)24(16-19-9-6-13-26-19)15-18-8-4-5-11-22-18/h2-5,7-8,10-11,19H,6,9,12-16H2,1H3,(H,23,25)/t19-/m1/s1. The van der Waals surface area contributed by atoms with Crippen LogP contribution in [0.2, 0.25) is 0 Å². The zero-order valence-corrected chi connectivity index (χ0v) is 15.8.